The number of esters is 1. The number of benzene rings is 1. The molecule has 6 heteroatoms. The molecule has 0 aliphatic carbocycles. The number of anilines is 1. The molecule has 0 saturated heterocycles. The van der Waals surface area contributed by atoms with E-state index in [0.717, 1.165) is 4.88 Å². The first-order valence-electron chi connectivity index (χ1n) is 6.51. The fraction of sp³-hybridized carbons (Fsp3) is 0.188. The molecule has 0 aliphatic heterocycles. The fourth-order valence-corrected chi connectivity index (χ4v) is 2.91. The van der Waals surface area contributed by atoms with Crippen LogP contribution in [0.4, 0.5) is 5.00 Å². The Bertz CT molecular complexity index is 759. The summed E-state index contributed by atoms with van der Waals surface area (Å²) in [5.74, 6) is -0.845. The summed E-state index contributed by atoms with van der Waals surface area (Å²) in [5, 5.41) is 12.0. The van der Waals surface area contributed by atoms with Crippen molar-refractivity contribution in [2.75, 3.05) is 12.4 Å². The first kappa shape index (κ1) is 15.7. The van der Waals surface area contributed by atoms with Gasteiger partial charge in [0, 0.05) is 10.4 Å². The van der Waals surface area contributed by atoms with Crippen LogP contribution in [0.25, 0.3) is 0 Å². The highest BCUT2D eigenvalue weighted by atomic mass is 32.1. The van der Waals surface area contributed by atoms with Gasteiger partial charge in [-0.1, -0.05) is 18.2 Å². The van der Waals surface area contributed by atoms with E-state index >= 15 is 0 Å². The minimum absolute atomic E-state index is 0.150. The number of carbonyl (C=O) groups is 2. The monoisotopic (exact) mass is 314 g/mol. The molecule has 1 N–H and O–H groups in total. The van der Waals surface area contributed by atoms with Crippen LogP contribution in [0.3, 0.4) is 0 Å². The van der Waals surface area contributed by atoms with E-state index in [1.54, 1.807) is 30.3 Å². The molecule has 2 rings (SSSR count). The van der Waals surface area contributed by atoms with Gasteiger partial charge in [-0.25, -0.2) is 4.79 Å². The van der Waals surface area contributed by atoms with Gasteiger partial charge in [0.2, 0.25) is 0 Å². The van der Waals surface area contributed by atoms with E-state index in [0.29, 0.717) is 21.7 Å². The van der Waals surface area contributed by atoms with Gasteiger partial charge in [0.05, 0.1) is 25.2 Å². The number of nitriles is 1. The lowest BCUT2D eigenvalue weighted by molar-refractivity contribution is 0.0602. The van der Waals surface area contributed by atoms with E-state index in [1.165, 1.54) is 18.4 Å². The minimum Gasteiger partial charge on any atom is -0.465 e. The van der Waals surface area contributed by atoms with Crippen molar-refractivity contribution in [2.45, 2.75) is 13.3 Å². The average Bonchev–Trinajstić information content (AvgIpc) is 2.88. The third-order valence-corrected chi connectivity index (χ3v) is 3.99. The van der Waals surface area contributed by atoms with Crippen molar-refractivity contribution in [3.05, 3.63) is 51.9 Å². The number of nitrogens with one attached hydrogen (secondary N) is 1. The number of hydrogen-bond acceptors (Lipinski definition) is 5. The normalized spacial score (nSPS) is 9.86. The van der Waals surface area contributed by atoms with E-state index in [2.05, 4.69) is 5.32 Å². The largest absolute Gasteiger partial charge is 0.465 e. The van der Waals surface area contributed by atoms with E-state index in [-0.39, 0.29) is 12.3 Å². The number of ether oxygens (including phenoxy) is 1. The van der Waals surface area contributed by atoms with E-state index < -0.39 is 5.97 Å². The van der Waals surface area contributed by atoms with Crippen molar-refractivity contribution in [1.29, 1.82) is 5.26 Å². The van der Waals surface area contributed by atoms with Gasteiger partial charge in [0.15, 0.2) is 0 Å². The molecule has 0 fully saturated rings. The third-order valence-electron chi connectivity index (χ3n) is 3.02. The molecule has 0 saturated carbocycles. The highest BCUT2D eigenvalue weighted by Crippen LogP contribution is 2.29. The molecule has 1 heterocycles. The van der Waals surface area contributed by atoms with Crippen LogP contribution in [0.15, 0.2) is 30.3 Å². The van der Waals surface area contributed by atoms with Crippen LogP contribution >= 0.6 is 11.3 Å². The lowest BCUT2D eigenvalue weighted by Crippen LogP contribution is -2.15. The molecular weight excluding hydrogens is 300 g/mol. The van der Waals surface area contributed by atoms with Crippen LogP contribution in [-0.2, 0) is 11.2 Å². The number of methoxy groups -OCH3 is 1. The molecule has 1 aromatic carbocycles. The minimum atomic E-state index is -0.495. The summed E-state index contributed by atoms with van der Waals surface area (Å²) in [5.41, 5.74) is 1.40. The zero-order valence-corrected chi connectivity index (χ0v) is 13.0. The zero-order valence-electron chi connectivity index (χ0n) is 12.2. The van der Waals surface area contributed by atoms with Gasteiger partial charge in [0.25, 0.3) is 5.91 Å². The molecule has 0 spiro atoms. The van der Waals surface area contributed by atoms with Crippen LogP contribution < -0.4 is 5.32 Å². The summed E-state index contributed by atoms with van der Waals surface area (Å²) in [6.07, 6.45) is 0.150. The molecule has 0 unspecified atom stereocenters. The van der Waals surface area contributed by atoms with Crippen molar-refractivity contribution in [3.8, 4) is 6.07 Å². The molecule has 2 aromatic rings. The molecule has 0 aliphatic rings. The lowest BCUT2D eigenvalue weighted by atomic mass is 10.0. The highest BCUT2D eigenvalue weighted by Gasteiger charge is 2.19. The Kier molecular flexibility index (Phi) is 4.92. The Labute approximate surface area is 132 Å². The Morgan fingerprint density at radius 3 is 2.73 bits per heavy atom. The second-order valence-corrected chi connectivity index (χ2v) is 5.79. The third kappa shape index (κ3) is 3.32. The molecule has 112 valence electrons. The van der Waals surface area contributed by atoms with Crippen molar-refractivity contribution >= 4 is 28.2 Å². The van der Waals surface area contributed by atoms with Gasteiger partial charge in [-0.3, -0.25) is 4.79 Å². The Balaban J connectivity index is 2.31. The summed E-state index contributed by atoms with van der Waals surface area (Å²) in [6, 6.07) is 10.6. The van der Waals surface area contributed by atoms with Crippen molar-refractivity contribution in [1.82, 2.24) is 0 Å². The number of rotatable bonds is 4. The SMILES string of the molecule is COC(=O)c1cc(C)sc1NC(=O)c1ccccc1CC#N. The molecule has 22 heavy (non-hydrogen) atoms. The fourth-order valence-electron chi connectivity index (χ4n) is 2.02. The second kappa shape index (κ2) is 6.87. The number of carbonyl (C=O) groups excluding carboxylic acids is 2. The van der Waals surface area contributed by atoms with Crippen molar-refractivity contribution in [2.24, 2.45) is 0 Å². The number of amides is 1. The first-order chi connectivity index (χ1) is 10.6. The summed E-state index contributed by atoms with van der Waals surface area (Å²) >= 11 is 1.30. The number of thiophene rings is 1. The standard InChI is InChI=1S/C16H14N2O3S/c1-10-9-13(16(20)21-2)15(22-10)18-14(19)12-6-4-3-5-11(12)7-8-17/h3-6,9H,7H2,1-2H3,(H,18,19). The van der Waals surface area contributed by atoms with Crippen molar-refractivity contribution in [3.63, 3.8) is 0 Å². The van der Waals surface area contributed by atoms with E-state index in [9.17, 15) is 9.59 Å². The Morgan fingerprint density at radius 2 is 2.05 bits per heavy atom. The van der Waals surface area contributed by atoms with Crippen molar-refractivity contribution < 1.29 is 14.3 Å². The predicted molar refractivity (Wildman–Crippen MR) is 84.1 cm³/mol. The van der Waals surface area contributed by atoms with Gasteiger partial charge in [-0.15, -0.1) is 11.3 Å². The second-order valence-electron chi connectivity index (χ2n) is 4.54. The highest BCUT2D eigenvalue weighted by molar-refractivity contribution is 7.16. The van der Waals surface area contributed by atoms with Gasteiger partial charge in [-0.05, 0) is 24.6 Å². The van der Waals surface area contributed by atoms with Crippen LogP contribution in [0, 0.1) is 18.3 Å². The average molecular weight is 314 g/mol. The molecule has 0 radical (unpaired) electrons. The molecule has 1 aromatic heterocycles. The maximum atomic E-state index is 12.4. The zero-order chi connectivity index (χ0) is 16.1. The summed E-state index contributed by atoms with van der Waals surface area (Å²) in [4.78, 5) is 25.0. The van der Waals surface area contributed by atoms with Gasteiger partial charge in [-0.2, -0.15) is 5.26 Å². The first-order valence-corrected chi connectivity index (χ1v) is 7.33. The maximum absolute atomic E-state index is 12.4. The molecule has 0 bridgehead atoms. The van der Waals surface area contributed by atoms with Gasteiger partial charge >= 0.3 is 5.97 Å². The smallest absolute Gasteiger partial charge is 0.340 e. The molecule has 5 nitrogen and oxygen atoms in total. The summed E-state index contributed by atoms with van der Waals surface area (Å²) in [7, 11) is 1.29. The van der Waals surface area contributed by atoms with Gasteiger partial charge in [0.1, 0.15) is 5.00 Å². The van der Waals surface area contributed by atoms with Crippen LogP contribution in [0.1, 0.15) is 31.2 Å². The summed E-state index contributed by atoms with van der Waals surface area (Å²) < 4.78 is 4.71. The maximum Gasteiger partial charge on any atom is 0.340 e. The molecular formula is C16H14N2O3S. The Hall–Kier alpha value is -2.65. The quantitative estimate of drug-likeness (QED) is 0.879. The molecule has 0 atom stereocenters. The number of aryl methyl sites for hydroxylation is 1. The van der Waals surface area contributed by atoms with Crippen LogP contribution in [0.5, 0.6) is 0 Å². The Morgan fingerprint density at radius 1 is 1.32 bits per heavy atom. The van der Waals surface area contributed by atoms with E-state index in [1.807, 2.05) is 13.0 Å². The molecule has 1 amide bonds. The predicted octanol–water partition coefficient (Wildman–Crippen LogP) is 3.16. The summed E-state index contributed by atoms with van der Waals surface area (Å²) in [6.45, 7) is 1.84. The lowest BCUT2D eigenvalue weighted by Gasteiger charge is -2.08. The number of nitrogens with zero attached hydrogens (tertiary/aromatic N) is 1. The number of hydrogen-bond donors (Lipinski definition) is 1. The van der Waals surface area contributed by atoms with Gasteiger partial charge < -0.3 is 10.1 Å². The van der Waals surface area contributed by atoms with Crippen LogP contribution in [0.2, 0.25) is 0 Å². The van der Waals surface area contributed by atoms with E-state index in [4.69, 9.17) is 10.00 Å². The van der Waals surface area contributed by atoms with Crippen LogP contribution in [-0.4, -0.2) is 19.0 Å². The topological polar surface area (TPSA) is 79.2 Å².